The number of cyclic esters (lactones) is 1. The van der Waals surface area contributed by atoms with E-state index >= 15 is 0 Å². The normalized spacial score (nSPS) is 37.2. The van der Waals surface area contributed by atoms with E-state index in [1.807, 2.05) is 0 Å². The van der Waals surface area contributed by atoms with Crippen molar-refractivity contribution in [2.75, 3.05) is 19.7 Å². The van der Waals surface area contributed by atoms with E-state index in [2.05, 4.69) is 23.6 Å². The minimum atomic E-state index is -0.0764. The third kappa shape index (κ3) is 1.91. The molecule has 0 aromatic carbocycles. The maximum atomic E-state index is 12.1. The van der Waals surface area contributed by atoms with E-state index in [1.54, 1.807) is 0 Å². The minimum Gasteiger partial charge on any atom is -0.447 e. The molecule has 102 valence electrons. The molecule has 0 N–H and O–H groups in total. The highest BCUT2D eigenvalue weighted by Gasteiger charge is 2.46. The molecule has 0 bridgehead atoms. The van der Waals surface area contributed by atoms with Crippen LogP contribution < -0.4 is 0 Å². The number of ether oxygens (including phenoxy) is 1. The fraction of sp³-hybridized carbons (Fsp3) is 0.929. The molecule has 0 radical (unpaired) electrons. The number of rotatable bonds is 2. The SMILES string of the molecule is CC(C)[C@H]1COC(=O)N1[C@@H]1CCCN2CCC[C@H]12. The molecule has 0 aliphatic carbocycles. The number of carbonyl (C=O) groups excluding carboxylic acids is 1. The van der Waals surface area contributed by atoms with Crippen molar-refractivity contribution in [1.29, 1.82) is 0 Å². The summed E-state index contributed by atoms with van der Waals surface area (Å²) in [5.41, 5.74) is 0. The first kappa shape index (κ1) is 12.3. The lowest BCUT2D eigenvalue weighted by Crippen LogP contribution is -2.56. The maximum absolute atomic E-state index is 12.1. The number of hydrogen-bond acceptors (Lipinski definition) is 3. The van der Waals surface area contributed by atoms with Gasteiger partial charge in [-0.3, -0.25) is 9.80 Å². The molecule has 3 aliphatic heterocycles. The third-order valence-corrected chi connectivity index (χ3v) is 4.88. The number of hydrogen-bond donors (Lipinski definition) is 0. The molecule has 3 atom stereocenters. The monoisotopic (exact) mass is 252 g/mol. The Morgan fingerprint density at radius 1 is 1.17 bits per heavy atom. The van der Waals surface area contributed by atoms with Crippen LogP contribution in [0.1, 0.15) is 39.5 Å². The smallest absolute Gasteiger partial charge is 0.410 e. The average Bonchev–Trinajstić information content (AvgIpc) is 2.94. The van der Waals surface area contributed by atoms with Crippen LogP contribution in [-0.4, -0.2) is 53.7 Å². The first-order valence-corrected chi connectivity index (χ1v) is 7.37. The largest absolute Gasteiger partial charge is 0.447 e. The standard InChI is InChI=1S/C14H24N2O2/c1-10(2)13-9-18-14(17)16(13)12-6-4-8-15-7-3-5-11(12)15/h10-13H,3-9H2,1-2H3/t11-,12-,13-/m1/s1. The van der Waals surface area contributed by atoms with Crippen LogP contribution in [0.3, 0.4) is 0 Å². The highest BCUT2D eigenvalue weighted by molar-refractivity contribution is 5.70. The molecule has 1 amide bonds. The second-order valence-corrected chi connectivity index (χ2v) is 6.25. The van der Waals surface area contributed by atoms with Gasteiger partial charge in [0.2, 0.25) is 0 Å². The Morgan fingerprint density at radius 2 is 1.83 bits per heavy atom. The summed E-state index contributed by atoms with van der Waals surface area (Å²) in [4.78, 5) is 16.7. The molecule has 18 heavy (non-hydrogen) atoms. The average molecular weight is 252 g/mol. The lowest BCUT2D eigenvalue weighted by molar-refractivity contribution is 0.0624. The van der Waals surface area contributed by atoms with Gasteiger partial charge in [0.25, 0.3) is 0 Å². The molecule has 4 nitrogen and oxygen atoms in total. The Bertz CT molecular complexity index is 332. The predicted octanol–water partition coefficient (Wildman–Crippen LogP) is 2.09. The number of nitrogens with zero attached hydrogens (tertiary/aromatic N) is 2. The maximum Gasteiger partial charge on any atom is 0.410 e. The van der Waals surface area contributed by atoms with Crippen molar-refractivity contribution in [3.63, 3.8) is 0 Å². The van der Waals surface area contributed by atoms with Crippen LogP contribution in [-0.2, 0) is 4.74 Å². The molecule has 0 aromatic rings. The van der Waals surface area contributed by atoms with E-state index in [-0.39, 0.29) is 12.1 Å². The number of fused-ring (bicyclic) bond motifs is 1. The van der Waals surface area contributed by atoms with Crippen molar-refractivity contribution in [3.05, 3.63) is 0 Å². The second-order valence-electron chi connectivity index (χ2n) is 6.25. The molecule has 3 aliphatic rings. The van der Waals surface area contributed by atoms with Gasteiger partial charge in [-0.15, -0.1) is 0 Å². The van der Waals surface area contributed by atoms with Crippen molar-refractivity contribution >= 4 is 6.09 Å². The third-order valence-electron chi connectivity index (χ3n) is 4.88. The second kappa shape index (κ2) is 4.72. The summed E-state index contributed by atoms with van der Waals surface area (Å²) in [5.74, 6) is 0.480. The zero-order valence-electron chi connectivity index (χ0n) is 11.5. The van der Waals surface area contributed by atoms with Gasteiger partial charge in [-0.2, -0.15) is 0 Å². The predicted molar refractivity (Wildman–Crippen MR) is 69.4 cm³/mol. The summed E-state index contributed by atoms with van der Waals surface area (Å²) < 4.78 is 5.31. The Kier molecular flexibility index (Phi) is 3.22. The Morgan fingerprint density at radius 3 is 2.50 bits per heavy atom. The van der Waals surface area contributed by atoms with E-state index in [9.17, 15) is 4.79 Å². The zero-order valence-corrected chi connectivity index (χ0v) is 11.5. The van der Waals surface area contributed by atoms with Gasteiger partial charge < -0.3 is 4.74 Å². The van der Waals surface area contributed by atoms with Crippen molar-refractivity contribution in [2.24, 2.45) is 5.92 Å². The summed E-state index contributed by atoms with van der Waals surface area (Å²) in [5, 5.41) is 0. The van der Waals surface area contributed by atoms with Gasteiger partial charge in [0, 0.05) is 6.04 Å². The Hall–Kier alpha value is -0.770. The molecule has 0 saturated carbocycles. The van der Waals surface area contributed by atoms with Crippen LogP contribution >= 0.6 is 0 Å². The minimum absolute atomic E-state index is 0.0764. The number of amides is 1. The van der Waals surface area contributed by atoms with E-state index in [0.717, 1.165) is 6.42 Å². The van der Waals surface area contributed by atoms with Gasteiger partial charge in [-0.05, 0) is 44.7 Å². The van der Waals surface area contributed by atoms with Gasteiger partial charge >= 0.3 is 6.09 Å². The van der Waals surface area contributed by atoms with Crippen LogP contribution in [0.15, 0.2) is 0 Å². The van der Waals surface area contributed by atoms with Crippen molar-refractivity contribution in [3.8, 4) is 0 Å². The van der Waals surface area contributed by atoms with Crippen LogP contribution in [0.4, 0.5) is 4.79 Å². The summed E-state index contributed by atoms with van der Waals surface area (Å²) >= 11 is 0. The van der Waals surface area contributed by atoms with E-state index in [0.29, 0.717) is 24.6 Å². The van der Waals surface area contributed by atoms with Gasteiger partial charge in [0.1, 0.15) is 6.61 Å². The molecular weight excluding hydrogens is 228 g/mol. The highest BCUT2D eigenvalue weighted by atomic mass is 16.6. The number of carbonyl (C=O) groups is 1. The summed E-state index contributed by atoms with van der Waals surface area (Å²) in [7, 11) is 0. The van der Waals surface area contributed by atoms with Crippen LogP contribution in [0.25, 0.3) is 0 Å². The fourth-order valence-electron chi connectivity index (χ4n) is 3.93. The molecular formula is C14H24N2O2. The van der Waals surface area contributed by atoms with Gasteiger partial charge in [0.05, 0.1) is 12.1 Å². The molecule has 0 spiro atoms. The van der Waals surface area contributed by atoms with Crippen LogP contribution in [0.2, 0.25) is 0 Å². The first-order chi connectivity index (χ1) is 8.68. The summed E-state index contributed by atoms with van der Waals surface area (Å²) in [6.07, 6.45) is 4.83. The molecule has 4 heteroatoms. The summed E-state index contributed by atoms with van der Waals surface area (Å²) in [6.45, 7) is 7.40. The van der Waals surface area contributed by atoms with Crippen molar-refractivity contribution < 1.29 is 9.53 Å². The number of piperidine rings is 1. The molecule has 3 rings (SSSR count). The quantitative estimate of drug-likeness (QED) is 0.754. The van der Waals surface area contributed by atoms with Gasteiger partial charge in [-0.25, -0.2) is 4.79 Å². The molecule has 0 aromatic heterocycles. The van der Waals surface area contributed by atoms with Gasteiger partial charge in [-0.1, -0.05) is 13.8 Å². The molecule has 3 saturated heterocycles. The fourth-order valence-corrected chi connectivity index (χ4v) is 3.93. The Labute approximate surface area is 109 Å². The van der Waals surface area contributed by atoms with E-state index in [1.165, 1.54) is 32.4 Å². The highest BCUT2D eigenvalue weighted by Crippen LogP contribution is 2.34. The molecule has 3 fully saturated rings. The van der Waals surface area contributed by atoms with Crippen molar-refractivity contribution in [1.82, 2.24) is 9.80 Å². The summed E-state index contributed by atoms with van der Waals surface area (Å²) in [6, 6.07) is 1.26. The van der Waals surface area contributed by atoms with E-state index < -0.39 is 0 Å². The van der Waals surface area contributed by atoms with Crippen LogP contribution in [0.5, 0.6) is 0 Å². The molecule has 0 unspecified atom stereocenters. The lowest BCUT2D eigenvalue weighted by Gasteiger charge is -2.43. The van der Waals surface area contributed by atoms with Crippen molar-refractivity contribution in [2.45, 2.75) is 57.7 Å². The van der Waals surface area contributed by atoms with Gasteiger partial charge in [0.15, 0.2) is 0 Å². The van der Waals surface area contributed by atoms with Crippen LogP contribution in [0, 0.1) is 5.92 Å². The molecule has 3 heterocycles. The topological polar surface area (TPSA) is 32.8 Å². The first-order valence-electron chi connectivity index (χ1n) is 7.37. The van der Waals surface area contributed by atoms with E-state index in [4.69, 9.17) is 4.74 Å². The lowest BCUT2D eigenvalue weighted by atomic mass is 9.92. The zero-order chi connectivity index (χ0) is 12.7. The Balaban J connectivity index is 1.81.